The first-order valence-corrected chi connectivity index (χ1v) is 15.4. The molecule has 1 aliphatic heterocycles. The topological polar surface area (TPSA) is 136 Å². The molecular weight excluding hydrogens is 586 g/mol. The van der Waals surface area contributed by atoms with E-state index in [2.05, 4.69) is 20.9 Å². The number of morpholine rings is 1. The number of fused-ring (bicyclic) bond motifs is 1. The Labute approximate surface area is 261 Å². The van der Waals surface area contributed by atoms with Gasteiger partial charge in [0.1, 0.15) is 22.8 Å². The second-order valence-corrected chi connectivity index (χ2v) is 13.0. The summed E-state index contributed by atoms with van der Waals surface area (Å²) in [4.78, 5) is 40.9. The lowest BCUT2D eigenvalue weighted by atomic mass is 9.90. The molecule has 1 aromatic carbocycles. The van der Waals surface area contributed by atoms with E-state index in [4.69, 9.17) is 19.4 Å². The summed E-state index contributed by atoms with van der Waals surface area (Å²) in [7, 11) is 0. The normalized spacial score (nSPS) is 19.4. The number of halogens is 2. The van der Waals surface area contributed by atoms with Crippen LogP contribution in [-0.4, -0.2) is 81.0 Å². The van der Waals surface area contributed by atoms with Crippen molar-refractivity contribution in [1.82, 2.24) is 30.2 Å². The molecule has 5 rings (SSSR count). The Morgan fingerprint density at radius 1 is 0.978 bits per heavy atom. The summed E-state index contributed by atoms with van der Waals surface area (Å²) in [6.07, 6.45) is -0.546. The van der Waals surface area contributed by atoms with Crippen molar-refractivity contribution in [3.63, 3.8) is 0 Å². The fraction of sp³-hybridized carbons (Fsp3) is 0.581. The van der Waals surface area contributed by atoms with Gasteiger partial charge in [-0.25, -0.2) is 18.6 Å². The number of nitrogens with zero attached hydrogens (tertiary/aromatic N) is 5. The molecular formula is C31H42F2N8O4. The Balaban J connectivity index is 1.30. The van der Waals surface area contributed by atoms with Crippen LogP contribution < -0.4 is 20.9 Å². The van der Waals surface area contributed by atoms with Gasteiger partial charge < -0.3 is 30.3 Å². The predicted molar refractivity (Wildman–Crippen MR) is 166 cm³/mol. The lowest BCUT2D eigenvalue weighted by Crippen LogP contribution is -2.57. The van der Waals surface area contributed by atoms with Gasteiger partial charge in [0.2, 0.25) is 11.9 Å². The molecule has 2 aromatic heterocycles. The number of aromatic nitrogens is 4. The third-order valence-electron chi connectivity index (χ3n) is 7.80. The number of rotatable bonds is 8. The van der Waals surface area contributed by atoms with Gasteiger partial charge in [0.15, 0.2) is 5.82 Å². The molecule has 0 spiro atoms. The number of alkyl carbamates (subject to hydrolysis) is 1. The summed E-state index contributed by atoms with van der Waals surface area (Å²) in [6.45, 7) is 10.8. The maximum atomic E-state index is 14.2. The zero-order valence-corrected chi connectivity index (χ0v) is 26.4. The third kappa shape index (κ3) is 7.96. The Morgan fingerprint density at radius 2 is 1.64 bits per heavy atom. The van der Waals surface area contributed by atoms with E-state index in [0.717, 1.165) is 12.8 Å². The average Bonchev–Trinajstić information content (AvgIpc) is 3.37. The van der Waals surface area contributed by atoms with Crippen LogP contribution in [0.4, 0.5) is 25.3 Å². The highest BCUT2D eigenvalue weighted by atomic mass is 19.3. The highest BCUT2D eigenvalue weighted by Crippen LogP contribution is 2.30. The van der Waals surface area contributed by atoms with Crippen molar-refractivity contribution in [2.24, 2.45) is 0 Å². The van der Waals surface area contributed by atoms with Crippen molar-refractivity contribution in [1.29, 1.82) is 0 Å². The van der Waals surface area contributed by atoms with Crippen LogP contribution >= 0.6 is 0 Å². The SMILES string of the molecule is CC(C)(C)OC(=O)NC(C)(C)C(=O)N[C@H]1CC[C@H](Nc2cc(-n3c(C(F)F)nc4ccccc43)nc(N3CCOCC3)n2)CC1. The number of alkyl halides is 2. The van der Waals surface area contributed by atoms with Gasteiger partial charge in [-0.3, -0.25) is 9.36 Å². The van der Waals surface area contributed by atoms with Crippen LogP contribution in [0.1, 0.15) is 72.6 Å². The number of carbonyl (C=O) groups is 2. The minimum absolute atomic E-state index is 0.0421. The van der Waals surface area contributed by atoms with Crippen LogP contribution in [-0.2, 0) is 14.3 Å². The molecule has 0 atom stereocenters. The second kappa shape index (κ2) is 13.1. The first-order chi connectivity index (χ1) is 21.3. The molecule has 45 heavy (non-hydrogen) atoms. The molecule has 2 amide bonds. The van der Waals surface area contributed by atoms with Gasteiger partial charge in [0, 0.05) is 31.2 Å². The number of hydrogen-bond acceptors (Lipinski definition) is 9. The van der Waals surface area contributed by atoms with E-state index < -0.39 is 23.7 Å². The Morgan fingerprint density at radius 3 is 2.31 bits per heavy atom. The number of anilines is 2. The molecule has 3 heterocycles. The van der Waals surface area contributed by atoms with Crippen molar-refractivity contribution in [3.05, 3.63) is 36.2 Å². The summed E-state index contributed by atoms with van der Waals surface area (Å²) >= 11 is 0. The summed E-state index contributed by atoms with van der Waals surface area (Å²) in [5, 5.41) is 9.21. The van der Waals surface area contributed by atoms with E-state index in [1.54, 1.807) is 65.0 Å². The van der Waals surface area contributed by atoms with Crippen LogP contribution in [0.15, 0.2) is 30.3 Å². The van der Waals surface area contributed by atoms with Crippen molar-refractivity contribution >= 4 is 34.8 Å². The second-order valence-electron chi connectivity index (χ2n) is 13.0. The number of nitrogens with one attached hydrogen (secondary N) is 3. The van der Waals surface area contributed by atoms with Gasteiger partial charge >= 0.3 is 6.09 Å². The first-order valence-electron chi connectivity index (χ1n) is 15.4. The monoisotopic (exact) mass is 628 g/mol. The molecule has 2 fully saturated rings. The maximum Gasteiger partial charge on any atom is 0.408 e. The number of para-hydroxylation sites is 2. The zero-order valence-electron chi connectivity index (χ0n) is 26.4. The number of ether oxygens (including phenoxy) is 2. The molecule has 1 aliphatic carbocycles. The smallest absolute Gasteiger partial charge is 0.408 e. The Hall–Kier alpha value is -4.07. The largest absolute Gasteiger partial charge is 0.444 e. The number of carbonyl (C=O) groups excluding carboxylic acids is 2. The first kappa shape index (κ1) is 32.3. The van der Waals surface area contributed by atoms with Crippen LogP contribution in [0.5, 0.6) is 0 Å². The molecule has 3 N–H and O–H groups in total. The van der Waals surface area contributed by atoms with Gasteiger partial charge in [0.25, 0.3) is 6.43 Å². The summed E-state index contributed by atoms with van der Waals surface area (Å²) in [6, 6.07) is 8.66. The number of imidazole rings is 1. The molecule has 1 saturated carbocycles. The van der Waals surface area contributed by atoms with Gasteiger partial charge in [-0.15, -0.1) is 0 Å². The molecule has 1 saturated heterocycles. The number of benzene rings is 1. The highest BCUT2D eigenvalue weighted by Gasteiger charge is 2.34. The predicted octanol–water partition coefficient (Wildman–Crippen LogP) is 4.73. The molecule has 2 aliphatic rings. The molecule has 12 nitrogen and oxygen atoms in total. The van der Waals surface area contributed by atoms with Crippen molar-refractivity contribution in [2.75, 3.05) is 36.5 Å². The molecule has 0 radical (unpaired) electrons. The minimum Gasteiger partial charge on any atom is -0.444 e. The van der Waals surface area contributed by atoms with Crippen LogP contribution in [0, 0.1) is 0 Å². The molecule has 3 aromatic rings. The Bertz CT molecular complexity index is 1510. The lowest BCUT2D eigenvalue weighted by Gasteiger charge is -2.33. The van der Waals surface area contributed by atoms with E-state index in [9.17, 15) is 18.4 Å². The summed E-state index contributed by atoms with van der Waals surface area (Å²) in [5.41, 5.74) is -0.837. The third-order valence-corrected chi connectivity index (χ3v) is 7.80. The van der Waals surface area contributed by atoms with Gasteiger partial charge in [0.05, 0.1) is 24.2 Å². The van der Waals surface area contributed by atoms with Crippen LogP contribution in [0.25, 0.3) is 16.9 Å². The van der Waals surface area contributed by atoms with Gasteiger partial charge in [-0.05, 0) is 72.4 Å². The Kier molecular flexibility index (Phi) is 9.42. The van der Waals surface area contributed by atoms with E-state index in [1.165, 1.54) is 4.57 Å². The lowest BCUT2D eigenvalue weighted by molar-refractivity contribution is -0.127. The van der Waals surface area contributed by atoms with E-state index in [-0.39, 0.29) is 23.8 Å². The molecule has 244 valence electrons. The fourth-order valence-electron chi connectivity index (χ4n) is 5.52. The van der Waals surface area contributed by atoms with E-state index >= 15 is 0 Å². The van der Waals surface area contributed by atoms with E-state index in [1.807, 2.05) is 4.90 Å². The molecule has 14 heteroatoms. The number of hydrogen-bond donors (Lipinski definition) is 3. The quantitative estimate of drug-likeness (QED) is 0.324. The van der Waals surface area contributed by atoms with Crippen molar-refractivity contribution in [3.8, 4) is 5.82 Å². The van der Waals surface area contributed by atoms with Crippen molar-refractivity contribution in [2.45, 2.75) is 90.0 Å². The number of amides is 2. The zero-order chi connectivity index (χ0) is 32.4. The summed E-state index contributed by atoms with van der Waals surface area (Å²) < 4.78 is 40.6. The summed E-state index contributed by atoms with van der Waals surface area (Å²) in [5.74, 6) is 0.585. The highest BCUT2D eigenvalue weighted by molar-refractivity contribution is 5.89. The van der Waals surface area contributed by atoms with Crippen molar-refractivity contribution < 1.29 is 27.8 Å². The average molecular weight is 629 g/mol. The van der Waals surface area contributed by atoms with Crippen LogP contribution in [0.3, 0.4) is 0 Å². The van der Waals surface area contributed by atoms with Gasteiger partial charge in [-0.1, -0.05) is 12.1 Å². The molecule has 0 unspecified atom stereocenters. The van der Waals surface area contributed by atoms with Crippen LogP contribution in [0.2, 0.25) is 0 Å². The maximum absolute atomic E-state index is 14.2. The molecule has 0 bridgehead atoms. The fourth-order valence-corrected chi connectivity index (χ4v) is 5.52. The standard InChI is InChI=1S/C31H42F2N8O4/c1-30(2,3)45-29(43)39-31(4,5)27(42)35-20-12-10-19(11-13-20)34-23-18-24(38-28(37-23)40-14-16-44-17-15-40)41-22-9-7-6-8-21(22)36-26(41)25(32)33/h6-9,18-20,25H,10-17H2,1-5H3,(H,35,42)(H,39,43)(H,34,37,38)/t19-,20-. The van der Waals surface area contributed by atoms with Gasteiger partial charge in [-0.2, -0.15) is 9.97 Å². The van der Waals surface area contributed by atoms with E-state index in [0.29, 0.717) is 67.8 Å². The minimum atomic E-state index is -2.80.